The van der Waals surface area contributed by atoms with E-state index in [0.29, 0.717) is 6.61 Å². The van der Waals surface area contributed by atoms with E-state index < -0.39 is 0 Å². The third kappa shape index (κ3) is 6.10. The molecule has 0 saturated carbocycles. The van der Waals surface area contributed by atoms with Crippen LogP contribution in [0.2, 0.25) is 0 Å². The van der Waals surface area contributed by atoms with Crippen molar-refractivity contribution in [1.29, 1.82) is 0 Å². The van der Waals surface area contributed by atoms with Crippen molar-refractivity contribution >= 4 is 82.5 Å². The maximum Gasteiger partial charge on any atom is 0.159 e. The second kappa shape index (κ2) is 16.1. The number of aromatic nitrogens is 3. The van der Waals surface area contributed by atoms with Gasteiger partial charge < -0.3 is 22.9 Å². The third-order valence-corrected chi connectivity index (χ3v) is 16.1. The van der Waals surface area contributed by atoms with Gasteiger partial charge in [0.2, 0.25) is 0 Å². The van der Waals surface area contributed by atoms with E-state index in [9.17, 15) is 0 Å². The number of fused-ring (bicyclic) bond motifs is 15. The summed E-state index contributed by atoms with van der Waals surface area (Å²) < 4.78 is 20.8. The first-order chi connectivity index (χ1) is 36.7. The number of aryl methyl sites for hydroxylation is 1. The van der Waals surface area contributed by atoms with Crippen LogP contribution in [0.25, 0.3) is 133 Å². The van der Waals surface area contributed by atoms with Crippen molar-refractivity contribution in [2.75, 3.05) is 6.61 Å². The number of hydrogen-bond donors (Lipinski definition) is 0. The highest BCUT2D eigenvalue weighted by molar-refractivity contribution is 6.15. The topological polar surface area (TPSA) is 37.2 Å². The molecule has 0 fully saturated rings. The molecule has 0 unspecified atom stereocenters. The van der Waals surface area contributed by atoms with Gasteiger partial charge in [-0.1, -0.05) is 158 Å². The van der Waals surface area contributed by atoms with Crippen LogP contribution in [0.3, 0.4) is 0 Å². The average Bonchev–Trinajstić information content (AvgIpc) is 4.20. The lowest BCUT2D eigenvalue weighted by Gasteiger charge is -2.23. The summed E-state index contributed by atoms with van der Waals surface area (Å²) in [6, 6.07) is 78.0. The van der Waals surface area contributed by atoms with Gasteiger partial charge in [-0.05, 0) is 126 Å². The fourth-order valence-corrected chi connectivity index (χ4v) is 12.7. The Labute approximate surface area is 427 Å². The van der Waals surface area contributed by atoms with E-state index in [2.05, 4.69) is 232 Å². The van der Waals surface area contributed by atoms with Crippen molar-refractivity contribution in [1.82, 2.24) is 13.7 Å². The van der Waals surface area contributed by atoms with Crippen LogP contribution in [0.4, 0.5) is 0 Å². The van der Waals surface area contributed by atoms with Crippen molar-refractivity contribution in [2.45, 2.75) is 25.7 Å². The summed E-state index contributed by atoms with van der Waals surface area (Å²) >= 11 is 0. The largest absolute Gasteiger partial charge is 0.491 e. The highest BCUT2D eigenvalue weighted by atomic mass is 16.5. The van der Waals surface area contributed by atoms with Gasteiger partial charge in [0.15, 0.2) is 11.3 Å². The lowest BCUT2D eigenvalue weighted by atomic mass is 9.94. The molecule has 74 heavy (non-hydrogen) atoms. The molecule has 0 saturated heterocycles. The highest BCUT2D eigenvalue weighted by Gasteiger charge is 2.25. The number of nitrogens with zero attached hydrogens (tertiary/aromatic N) is 3. The second-order valence-electron chi connectivity index (χ2n) is 20.1. The van der Waals surface area contributed by atoms with Crippen LogP contribution >= 0.6 is 0 Å². The number of allylic oxidation sites excluding steroid dienone is 1. The number of benzene rings is 10. The number of furan rings is 1. The van der Waals surface area contributed by atoms with Gasteiger partial charge in [-0.3, -0.25) is 0 Å². The smallest absolute Gasteiger partial charge is 0.159 e. The van der Waals surface area contributed by atoms with Gasteiger partial charge in [-0.15, -0.1) is 0 Å². The number of para-hydroxylation sites is 5. The van der Waals surface area contributed by atoms with Gasteiger partial charge in [-0.2, -0.15) is 0 Å². The summed E-state index contributed by atoms with van der Waals surface area (Å²) in [5.74, 6) is 0.969. The van der Waals surface area contributed by atoms with Crippen LogP contribution in [0.15, 0.2) is 223 Å². The van der Waals surface area contributed by atoms with Crippen molar-refractivity contribution in [3.63, 3.8) is 0 Å². The molecule has 0 radical (unpaired) electrons. The first-order valence-corrected chi connectivity index (χ1v) is 26.0. The van der Waals surface area contributed by atoms with Crippen molar-refractivity contribution in [3.05, 3.63) is 235 Å². The summed E-state index contributed by atoms with van der Waals surface area (Å²) in [4.78, 5) is 0. The highest BCUT2D eigenvalue weighted by Crippen LogP contribution is 2.46. The van der Waals surface area contributed by atoms with Crippen LogP contribution in [0.1, 0.15) is 29.7 Å². The van der Waals surface area contributed by atoms with E-state index in [1.165, 1.54) is 82.6 Å². The summed E-state index contributed by atoms with van der Waals surface area (Å²) in [5.41, 5.74) is 22.0. The van der Waals surface area contributed by atoms with E-state index in [1.54, 1.807) is 0 Å². The Morgan fingerprint density at radius 1 is 0.392 bits per heavy atom. The van der Waals surface area contributed by atoms with Gasteiger partial charge in [0.25, 0.3) is 0 Å². The van der Waals surface area contributed by atoms with E-state index in [-0.39, 0.29) is 0 Å². The maximum absolute atomic E-state index is 6.79. The molecule has 0 N–H and O–H groups in total. The Balaban J connectivity index is 0.862. The molecule has 0 atom stereocenters. The SMILES string of the molecule is C1=Cc2c(n(-c3cccc4c3OCCCc3ccccc3-4)c3cc(-c4ccc5c(c4)c4ccc(-c6ccc7c8ccccc8n(-c8cccc9c8oc8ccccc89)c7c6)cc4n5-c4ccccc4)ccc23)CC1. The molecule has 5 heterocycles. The molecule has 2 aliphatic rings. The molecule has 1 aliphatic heterocycles. The van der Waals surface area contributed by atoms with Crippen molar-refractivity contribution in [3.8, 4) is 56.2 Å². The van der Waals surface area contributed by atoms with Gasteiger partial charge in [-0.25, -0.2) is 0 Å². The van der Waals surface area contributed by atoms with Crippen LogP contribution in [0.5, 0.6) is 5.75 Å². The summed E-state index contributed by atoms with van der Waals surface area (Å²) in [6.07, 6.45) is 8.64. The van der Waals surface area contributed by atoms with Gasteiger partial charge in [0.1, 0.15) is 5.58 Å². The average molecular weight is 950 g/mol. The normalized spacial score (nSPS) is 13.5. The fourth-order valence-electron chi connectivity index (χ4n) is 12.7. The van der Waals surface area contributed by atoms with Gasteiger partial charge >= 0.3 is 0 Å². The molecule has 14 aromatic rings. The lowest BCUT2D eigenvalue weighted by Crippen LogP contribution is -2.10. The Morgan fingerprint density at radius 3 is 1.88 bits per heavy atom. The molecular formula is C69H47N3O2. The molecule has 5 heteroatoms. The Bertz CT molecular complexity index is 4670. The quantitative estimate of drug-likeness (QED) is 0.172. The standard InChI is InChI=1S/C69H47N3O2/c1-2-17-48(18-3-1)70-61-37-33-44(45-30-34-52-50-20-6-9-25-59(50)71(65(52)41-45)62-27-12-23-56-49-19-5-4-15-43(49)16-14-38-73-68(56)62)39-58(61)54-36-32-46(40-64(54)70)47-31-35-53-51-21-7-10-26-60(51)72(66(53)42-47)63-28-13-24-57-55-22-8-11-29-67(55)74-69(57)63/h1-8,10-13,15,17-24,26-37,39-42H,9,14,16,25,38H2. The molecule has 16 rings (SSSR count). The number of hydrogen-bond acceptors (Lipinski definition) is 2. The monoisotopic (exact) mass is 949 g/mol. The minimum absolute atomic E-state index is 0.686. The van der Waals surface area contributed by atoms with Crippen LogP contribution < -0.4 is 4.74 Å². The molecule has 0 amide bonds. The van der Waals surface area contributed by atoms with E-state index in [0.717, 1.165) is 92.6 Å². The van der Waals surface area contributed by atoms with Crippen molar-refractivity contribution in [2.24, 2.45) is 0 Å². The summed E-state index contributed by atoms with van der Waals surface area (Å²) in [6.45, 7) is 0.686. The zero-order valence-electron chi connectivity index (χ0n) is 40.6. The van der Waals surface area contributed by atoms with Gasteiger partial charge in [0, 0.05) is 60.2 Å². The molecule has 1 aliphatic carbocycles. The third-order valence-electron chi connectivity index (χ3n) is 16.1. The molecule has 0 spiro atoms. The van der Waals surface area contributed by atoms with Crippen LogP contribution in [-0.4, -0.2) is 20.3 Å². The minimum Gasteiger partial charge on any atom is -0.491 e. The predicted octanol–water partition coefficient (Wildman–Crippen LogP) is 18.0. The second-order valence-corrected chi connectivity index (χ2v) is 20.1. The van der Waals surface area contributed by atoms with Gasteiger partial charge in [0.05, 0.1) is 45.6 Å². The molecule has 4 aromatic heterocycles. The number of rotatable bonds is 5. The zero-order valence-corrected chi connectivity index (χ0v) is 40.6. The van der Waals surface area contributed by atoms with E-state index in [1.807, 2.05) is 6.07 Å². The molecule has 10 aromatic carbocycles. The molecular weight excluding hydrogens is 903 g/mol. The predicted molar refractivity (Wildman–Crippen MR) is 307 cm³/mol. The zero-order chi connectivity index (χ0) is 48.4. The van der Waals surface area contributed by atoms with Crippen LogP contribution in [0, 0.1) is 0 Å². The first-order valence-electron chi connectivity index (χ1n) is 26.0. The maximum atomic E-state index is 6.79. The first kappa shape index (κ1) is 41.3. The molecule has 5 nitrogen and oxygen atoms in total. The summed E-state index contributed by atoms with van der Waals surface area (Å²) in [7, 11) is 0. The Kier molecular flexibility index (Phi) is 8.98. The van der Waals surface area contributed by atoms with Crippen LogP contribution in [-0.2, 0) is 12.8 Å². The van der Waals surface area contributed by atoms with E-state index in [4.69, 9.17) is 9.15 Å². The minimum atomic E-state index is 0.686. The summed E-state index contributed by atoms with van der Waals surface area (Å²) in [5, 5.41) is 8.37. The van der Waals surface area contributed by atoms with Crippen molar-refractivity contribution < 1.29 is 9.15 Å². The lowest BCUT2D eigenvalue weighted by molar-refractivity contribution is 0.309. The molecule has 350 valence electrons. The fraction of sp³-hybridized carbons (Fsp3) is 0.0725. The van der Waals surface area contributed by atoms with E-state index >= 15 is 0 Å². The Morgan fingerprint density at radius 2 is 1.01 bits per heavy atom. The molecule has 0 bridgehead atoms. The number of ether oxygens (including phenoxy) is 1. The Hall–Kier alpha value is -9.32.